The number of carbonyl (C=O) groups excluding carboxylic acids is 3. The van der Waals surface area contributed by atoms with Gasteiger partial charge in [-0.1, -0.05) is 35.2 Å². The highest BCUT2D eigenvalue weighted by Crippen LogP contribution is 2.39. The quantitative estimate of drug-likeness (QED) is 0.241. The lowest BCUT2D eigenvalue weighted by Crippen LogP contribution is -2.34. The van der Waals surface area contributed by atoms with Crippen LogP contribution in [0.15, 0.2) is 52.7 Å². The molecular formula is C26H24Cl2N2O5S. The van der Waals surface area contributed by atoms with Crippen molar-refractivity contribution in [3.63, 3.8) is 0 Å². The van der Waals surface area contributed by atoms with Gasteiger partial charge in [0.25, 0.3) is 5.91 Å². The van der Waals surface area contributed by atoms with E-state index in [0.29, 0.717) is 39.6 Å². The van der Waals surface area contributed by atoms with Crippen molar-refractivity contribution in [3.05, 3.63) is 63.4 Å². The Hall–Kier alpha value is -2.99. The molecule has 0 saturated carbocycles. The number of benzene rings is 1. The third-order valence-electron chi connectivity index (χ3n) is 5.43. The van der Waals surface area contributed by atoms with Crippen molar-refractivity contribution in [3.8, 4) is 12.3 Å². The van der Waals surface area contributed by atoms with Gasteiger partial charge in [0.1, 0.15) is 0 Å². The maximum atomic E-state index is 14.0. The number of aromatic nitrogens is 1. The second kappa shape index (κ2) is 13.4. The van der Waals surface area contributed by atoms with E-state index in [2.05, 4.69) is 10.9 Å². The van der Waals surface area contributed by atoms with Gasteiger partial charge in [0.2, 0.25) is 0 Å². The number of hydrogen-bond donors (Lipinski definition) is 0. The summed E-state index contributed by atoms with van der Waals surface area (Å²) in [6.45, 7) is -0.0295. The lowest BCUT2D eigenvalue weighted by molar-refractivity contribution is -0.138. The number of methoxy groups -OCH3 is 1. The number of carbonyl (C=O) groups is 3. The average Bonchev–Trinajstić information content (AvgIpc) is 2.90. The highest BCUT2D eigenvalue weighted by atomic mass is 35.5. The Kier molecular flexibility index (Phi) is 10.2. The van der Waals surface area contributed by atoms with Gasteiger partial charge in [0, 0.05) is 28.4 Å². The highest BCUT2D eigenvalue weighted by molar-refractivity contribution is 8.00. The predicted octanol–water partition coefficient (Wildman–Crippen LogP) is 5.23. The molecule has 188 valence electrons. The van der Waals surface area contributed by atoms with Crippen molar-refractivity contribution >= 4 is 58.5 Å². The van der Waals surface area contributed by atoms with Crippen LogP contribution in [0.2, 0.25) is 10.0 Å². The molecule has 36 heavy (non-hydrogen) atoms. The van der Waals surface area contributed by atoms with Gasteiger partial charge in [-0.25, -0.2) is 4.79 Å². The number of ether oxygens (including phenoxy) is 2. The topological polar surface area (TPSA) is 85.8 Å². The maximum absolute atomic E-state index is 14.0. The molecule has 0 aliphatic heterocycles. The van der Waals surface area contributed by atoms with Crippen molar-refractivity contribution in [2.75, 3.05) is 24.4 Å². The number of rotatable bonds is 9. The second-order valence-corrected chi connectivity index (χ2v) is 9.63. The molecule has 1 aromatic heterocycles. The second-order valence-electron chi connectivity index (χ2n) is 7.80. The molecule has 1 aromatic carbocycles. The van der Waals surface area contributed by atoms with Crippen LogP contribution in [0.3, 0.4) is 0 Å². The van der Waals surface area contributed by atoms with Crippen LogP contribution in [0.5, 0.6) is 0 Å². The van der Waals surface area contributed by atoms with E-state index in [9.17, 15) is 14.4 Å². The number of hydrogen-bond acceptors (Lipinski definition) is 7. The van der Waals surface area contributed by atoms with E-state index in [1.54, 1.807) is 24.5 Å². The molecule has 1 amide bonds. The fraction of sp³-hybridized carbons (Fsp3) is 0.308. The summed E-state index contributed by atoms with van der Waals surface area (Å²) in [5.74, 6) is 0.922. The first-order chi connectivity index (χ1) is 17.3. The molecule has 1 aliphatic carbocycles. The van der Waals surface area contributed by atoms with Gasteiger partial charge < -0.3 is 14.4 Å². The molecule has 10 heteroatoms. The van der Waals surface area contributed by atoms with Crippen LogP contribution < -0.4 is 4.90 Å². The molecule has 0 spiro atoms. The van der Waals surface area contributed by atoms with Crippen molar-refractivity contribution < 1.29 is 23.9 Å². The number of pyridine rings is 1. The fourth-order valence-corrected chi connectivity index (χ4v) is 5.13. The number of halogens is 2. The molecule has 2 aromatic rings. The van der Waals surface area contributed by atoms with E-state index >= 15 is 0 Å². The summed E-state index contributed by atoms with van der Waals surface area (Å²) in [4.78, 5) is 44.5. The molecule has 1 aliphatic rings. The van der Waals surface area contributed by atoms with Crippen LogP contribution in [0.25, 0.3) is 0 Å². The zero-order chi connectivity index (χ0) is 26.1. The summed E-state index contributed by atoms with van der Waals surface area (Å²) in [7, 11) is 1.30. The molecule has 3 rings (SSSR count). The van der Waals surface area contributed by atoms with Gasteiger partial charge in [-0.3, -0.25) is 14.6 Å². The molecule has 1 heterocycles. The minimum atomic E-state index is -0.589. The fourth-order valence-electron chi connectivity index (χ4n) is 3.70. The van der Waals surface area contributed by atoms with Gasteiger partial charge in [-0.15, -0.1) is 18.2 Å². The third-order valence-corrected chi connectivity index (χ3v) is 7.19. The standard InChI is InChI=1S/C26H24Cl2N2O5S/c1-3-11-35-26(33)19-9-5-4-8-18(19)25(32)30(15-17-7-6-10-29-14-17)22-13-23(21(28)12-20(22)27)36-16-24(31)34-2/h1,6-7,10,12-14H,4-5,8-9,11,15-16H2,2H3. The molecule has 7 nitrogen and oxygen atoms in total. The van der Waals surface area contributed by atoms with Crippen LogP contribution in [0.1, 0.15) is 31.2 Å². The summed E-state index contributed by atoms with van der Waals surface area (Å²) in [6, 6.07) is 6.79. The number of nitrogens with zero attached hydrogens (tertiary/aromatic N) is 2. The first-order valence-corrected chi connectivity index (χ1v) is 12.8. The lowest BCUT2D eigenvalue weighted by atomic mass is 9.90. The summed E-state index contributed by atoms with van der Waals surface area (Å²) in [5, 5.41) is 0.578. The Morgan fingerprint density at radius 2 is 1.92 bits per heavy atom. The maximum Gasteiger partial charge on any atom is 0.335 e. The minimum Gasteiger partial charge on any atom is -0.468 e. The van der Waals surface area contributed by atoms with E-state index in [1.807, 2.05) is 6.07 Å². The average molecular weight is 547 g/mol. The lowest BCUT2D eigenvalue weighted by Gasteiger charge is -2.28. The van der Waals surface area contributed by atoms with Crippen molar-refractivity contribution in [1.29, 1.82) is 0 Å². The van der Waals surface area contributed by atoms with Gasteiger partial charge in [-0.2, -0.15) is 0 Å². The van der Waals surface area contributed by atoms with Crippen LogP contribution in [0, 0.1) is 12.3 Å². The first kappa shape index (κ1) is 27.6. The van der Waals surface area contributed by atoms with Crippen LogP contribution in [-0.2, 0) is 30.4 Å². The molecule has 0 N–H and O–H groups in total. The monoisotopic (exact) mass is 546 g/mol. The number of anilines is 1. The molecule has 0 fully saturated rings. The Labute approximate surface area is 224 Å². The third kappa shape index (κ3) is 7.03. The summed E-state index contributed by atoms with van der Waals surface area (Å²) >= 11 is 14.1. The Balaban J connectivity index is 2.07. The zero-order valence-corrected chi connectivity index (χ0v) is 21.9. The normalized spacial score (nSPS) is 13.1. The van der Waals surface area contributed by atoms with E-state index < -0.39 is 11.9 Å². The van der Waals surface area contributed by atoms with E-state index in [0.717, 1.165) is 18.4 Å². The van der Waals surface area contributed by atoms with E-state index in [1.165, 1.54) is 29.8 Å². The molecule has 0 unspecified atom stereocenters. The largest absolute Gasteiger partial charge is 0.468 e. The number of esters is 2. The molecule has 0 bridgehead atoms. The number of amides is 1. The zero-order valence-electron chi connectivity index (χ0n) is 19.6. The van der Waals surface area contributed by atoms with Gasteiger partial charge in [0.15, 0.2) is 6.61 Å². The van der Waals surface area contributed by atoms with E-state index in [4.69, 9.17) is 39.1 Å². The molecular weight excluding hydrogens is 523 g/mol. The summed E-state index contributed by atoms with van der Waals surface area (Å²) in [6.07, 6.45) is 10.9. The molecule has 0 atom stereocenters. The number of terminal acetylenes is 1. The van der Waals surface area contributed by atoms with Crippen LogP contribution in [0.4, 0.5) is 5.69 Å². The van der Waals surface area contributed by atoms with Crippen LogP contribution >= 0.6 is 35.0 Å². The Morgan fingerprint density at radius 3 is 2.58 bits per heavy atom. The van der Waals surface area contributed by atoms with Crippen LogP contribution in [-0.4, -0.2) is 42.3 Å². The number of thioether (sulfide) groups is 1. The SMILES string of the molecule is C#CCOC(=O)C1=C(C(=O)N(Cc2cccnc2)c2cc(SCC(=O)OC)c(Cl)cc2Cl)CCCC1. The molecule has 0 saturated heterocycles. The Bertz CT molecular complexity index is 1210. The summed E-state index contributed by atoms with van der Waals surface area (Å²) < 4.78 is 9.84. The van der Waals surface area contributed by atoms with Gasteiger partial charge in [-0.05, 0) is 49.4 Å². The van der Waals surface area contributed by atoms with Gasteiger partial charge in [0.05, 0.1) is 35.1 Å². The van der Waals surface area contributed by atoms with Crippen molar-refractivity contribution in [1.82, 2.24) is 4.98 Å². The van der Waals surface area contributed by atoms with Crippen molar-refractivity contribution in [2.24, 2.45) is 0 Å². The predicted molar refractivity (Wildman–Crippen MR) is 140 cm³/mol. The first-order valence-electron chi connectivity index (χ1n) is 11.1. The summed E-state index contributed by atoms with van der Waals surface area (Å²) in [5.41, 5.74) is 1.83. The smallest absolute Gasteiger partial charge is 0.335 e. The highest BCUT2D eigenvalue weighted by Gasteiger charge is 2.30. The molecule has 0 radical (unpaired) electrons. The minimum absolute atomic E-state index is 0.0319. The van der Waals surface area contributed by atoms with Crippen molar-refractivity contribution in [2.45, 2.75) is 37.1 Å². The Morgan fingerprint density at radius 1 is 1.17 bits per heavy atom. The van der Waals surface area contributed by atoms with E-state index in [-0.39, 0.29) is 29.8 Å². The van der Waals surface area contributed by atoms with Gasteiger partial charge >= 0.3 is 11.9 Å².